The Morgan fingerprint density at radius 3 is 2.05 bits per heavy atom. The van der Waals surface area contributed by atoms with Crippen LogP contribution in [-0.2, 0) is 9.47 Å². The normalized spacial score (nSPS) is 14.6. The third kappa shape index (κ3) is 6.11. The van der Waals surface area contributed by atoms with E-state index in [9.17, 15) is 0 Å². The Bertz CT molecular complexity index is 237. The van der Waals surface area contributed by atoms with Gasteiger partial charge in [0.05, 0.1) is 11.2 Å². The summed E-state index contributed by atoms with van der Waals surface area (Å²) in [5, 5.41) is 3.71. The summed E-state index contributed by atoms with van der Waals surface area (Å²) >= 11 is 0. The fourth-order valence-electron chi connectivity index (χ4n) is 2.80. The van der Waals surface area contributed by atoms with Gasteiger partial charge in [-0.25, -0.2) is 0 Å². The van der Waals surface area contributed by atoms with E-state index < -0.39 is 0 Å². The van der Waals surface area contributed by atoms with Crippen molar-refractivity contribution in [1.29, 1.82) is 0 Å². The van der Waals surface area contributed by atoms with Crippen molar-refractivity contribution in [3.8, 4) is 0 Å². The molecule has 0 aliphatic carbocycles. The molecule has 0 saturated carbocycles. The fourth-order valence-corrected chi connectivity index (χ4v) is 2.80. The lowest BCUT2D eigenvalue weighted by atomic mass is 9.83. The Hall–Kier alpha value is -0.120. The van der Waals surface area contributed by atoms with Gasteiger partial charge >= 0.3 is 0 Å². The highest BCUT2D eigenvalue weighted by Crippen LogP contribution is 2.30. The molecule has 1 atom stereocenters. The van der Waals surface area contributed by atoms with E-state index in [4.69, 9.17) is 9.47 Å². The number of methoxy groups -OCH3 is 1. The predicted molar refractivity (Wildman–Crippen MR) is 87.3 cm³/mol. The average molecular weight is 287 g/mol. The summed E-state index contributed by atoms with van der Waals surface area (Å²) in [4.78, 5) is 0. The summed E-state index contributed by atoms with van der Waals surface area (Å²) in [6.07, 6.45) is 5.38. The molecule has 0 fully saturated rings. The zero-order valence-corrected chi connectivity index (χ0v) is 14.8. The Morgan fingerprint density at radius 1 is 1.05 bits per heavy atom. The molecule has 0 amide bonds. The molecule has 20 heavy (non-hydrogen) atoms. The van der Waals surface area contributed by atoms with E-state index in [1.54, 1.807) is 7.11 Å². The smallest absolute Gasteiger partial charge is 0.0829 e. The zero-order chi connectivity index (χ0) is 15.6. The predicted octanol–water partition coefficient (Wildman–Crippen LogP) is 4.16. The molecule has 0 aliphatic rings. The first-order chi connectivity index (χ1) is 9.41. The van der Waals surface area contributed by atoms with Gasteiger partial charge in [-0.3, -0.25) is 0 Å². The third-order valence-corrected chi connectivity index (χ3v) is 4.49. The van der Waals surface area contributed by atoms with Crippen molar-refractivity contribution in [2.75, 3.05) is 20.3 Å². The lowest BCUT2D eigenvalue weighted by Gasteiger charge is -2.41. The summed E-state index contributed by atoms with van der Waals surface area (Å²) in [7, 11) is 1.80. The van der Waals surface area contributed by atoms with Gasteiger partial charge in [0.25, 0.3) is 0 Å². The van der Waals surface area contributed by atoms with Crippen LogP contribution in [0.1, 0.15) is 73.6 Å². The van der Waals surface area contributed by atoms with Gasteiger partial charge in [0.1, 0.15) is 0 Å². The average Bonchev–Trinajstić information content (AvgIpc) is 2.45. The second kappa shape index (κ2) is 9.75. The molecule has 0 bridgehead atoms. The van der Waals surface area contributed by atoms with Crippen LogP contribution in [0.4, 0.5) is 0 Å². The maximum atomic E-state index is 6.18. The van der Waals surface area contributed by atoms with Gasteiger partial charge in [-0.15, -0.1) is 0 Å². The Labute approximate surface area is 126 Å². The highest BCUT2D eigenvalue weighted by Gasteiger charge is 2.36. The lowest BCUT2D eigenvalue weighted by Crippen LogP contribution is -2.53. The molecule has 0 rings (SSSR count). The van der Waals surface area contributed by atoms with Crippen LogP contribution in [0, 0.1) is 0 Å². The van der Waals surface area contributed by atoms with Crippen molar-refractivity contribution in [2.45, 2.75) is 90.9 Å². The van der Waals surface area contributed by atoms with Crippen LogP contribution in [0.3, 0.4) is 0 Å². The van der Waals surface area contributed by atoms with E-state index >= 15 is 0 Å². The Morgan fingerprint density at radius 2 is 1.65 bits per heavy atom. The van der Waals surface area contributed by atoms with Gasteiger partial charge in [-0.1, -0.05) is 20.8 Å². The molecule has 0 saturated heterocycles. The first-order valence-electron chi connectivity index (χ1n) is 8.33. The van der Waals surface area contributed by atoms with E-state index in [2.05, 4.69) is 46.9 Å². The van der Waals surface area contributed by atoms with Crippen LogP contribution in [-0.4, -0.2) is 37.5 Å². The second-order valence-corrected chi connectivity index (χ2v) is 6.21. The monoisotopic (exact) mass is 287 g/mol. The summed E-state index contributed by atoms with van der Waals surface area (Å²) in [5.41, 5.74) is -0.112. The summed E-state index contributed by atoms with van der Waals surface area (Å²) in [5.74, 6) is 0. The maximum absolute atomic E-state index is 6.18. The van der Waals surface area contributed by atoms with Gasteiger partial charge in [-0.2, -0.15) is 0 Å². The highest BCUT2D eigenvalue weighted by atomic mass is 16.5. The number of ether oxygens (including phenoxy) is 2. The fraction of sp³-hybridized carbons (Fsp3) is 1.00. The van der Waals surface area contributed by atoms with Crippen molar-refractivity contribution in [2.24, 2.45) is 0 Å². The minimum atomic E-state index is -0.0639. The van der Waals surface area contributed by atoms with Gasteiger partial charge in [0, 0.05) is 19.8 Å². The van der Waals surface area contributed by atoms with Crippen molar-refractivity contribution in [1.82, 2.24) is 5.32 Å². The highest BCUT2D eigenvalue weighted by molar-refractivity contribution is 4.92. The third-order valence-electron chi connectivity index (χ3n) is 4.49. The summed E-state index contributed by atoms with van der Waals surface area (Å²) in [6, 6.07) is 0.395. The van der Waals surface area contributed by atoms with E-state index in [1.807, 2.05) is 0 Å². The minimum absolute atomic E-state index is 0.0479. The van der Waals surface area contributed by atoms with E-state index in [0.29, 0.717) is 6.04 Å². The van der Waals surface area contributed by atoms with Crippen LogP contribution < -0.4 is 5.32 Å². The minimum Gasteiger partial charge on any atom is -0.379 e. The second-order valence-electron chi connectivity index (χ2n) is 6.21. The molecule has 0 radical (unpaired) electrons. The quantitative estimate of drug-likeness (QED) is 0.585. The molecule has 3 heteroatoms. The first-order valence-corrected chi connectivity index (χ1v) is 8.33. The molecular weight excluding hydrogens is 250 g/mol. The molecule has 0 aromatic heterocycles. The summed E-state index contributed by atoms with van der Waals surface area (Å²) in [6.45, 7) is 14.9. The first kappa shape index (κ1) is 19.9. The zero-order valence-electron chi connectivity index (χ0n) is 14.8. The Kier molecular flexibility index (Phi) is 9.69. The van der Waals surface area contributed by atoms with Crippen molar-refractivity contribution in [3.05, 3.63) is 0 Å². The van der Waals surface area contributed by atoms with Crippen molar-refractivity contribution >= 4 is 0 Å². The molecule has 0 heterocycles. The topological polar surface area (TPSA) is 30.5 Å². The molecule has 3 nitrogen and oxygen atoms in total. The number of hydrogen-bond acceptors (Lipinski definition) is 3. The van der Waals surface area contributed by atoms with Gasteiger partial charge in [0.15, 0.2) is 0 Å². The standard InChI is InChI=1S/C17H37NO2/c1-8-14-18-15(12-13-16(5,6)19-7)17(9-2,10-3)20-11-4/h15,18H,8-14H2,1-7H3. The van der Waals surface area contributed by atoms with Gasteiger partial charge < -0.3 is 14.8 Å². The molecule has 0 aromatic carbocycles. The molecule has 0 aromatic rings. The Balaban J connectivity index is 4.89. The molecule has 1 unspecified atom stereocenters. The van der Waals surface area contributed by atoms with Crippen LogP contribution in [0.25, 0.3) is 0 Å². The van der Waals surface area contributed by atoms with Crippen molar-refractivity contribution < 1.29 is 9.47 Å². The maximum Gasteiger partial charge on any atom is 0.0829 e. The van der Waals surface area contributed by atoms with E-state index in [0.717, 1.165) is 45.3 Å². The van der Waals surface area contributed by atoms with Gasteiger partial charge in [-0.05, 0) is 59.4 Å². The SMILES string of the molecule is CCCNC(CCC(C)(C)OC)C(CC)(CC)OCC. The molecular formula is C17H37NO2. The van der Waals surface area contributed by atoms with E-state index in [-0.39, 0.29) is 11.2 Å². The number of nitrogens with one attached hydrogen (secondary N) is 1. The number of rotatable bonds is 12. The molecule has 122 valence electrons. The molecule has 0 aliphatic heterocycles. The van der Waals surface area contributed by atoms with Crippen LogP contribution >= 0.6 is 0 Å². The van der Waals surface area contributed by atoms with E-state index in [1.165, 1.54) is 0 Å². The summed E-state index contributed by atoms with van der Waals surface area (Å²) < 4.78 is 11.7. The lowest BCUT2D eigenvalue weighted by molar-refractivity contribution is -0.0795. The van der Waals surface area contributed by atoms with Gasteiger partial charge in [0.2, 0.25) is 0 Å². The van der Waals surface area contributed by atoms with Crippen LogP contribution in [0.15, 0.2) is 0 Å². The van der Waals surface area contributed by atoms with Crippen LogP contribution in [0.5, 0.6) is 0 Å². The number of hydrogen-bond donors (Lipinski definition) is 1. The van der Waals surface area contributed by atoms with Crippen molar-refractivity contribution in [3.63, 3.8) is 0 Å². The largest absolute Gasteiger partial charge is 0.379 e. The van der Waals surface area contributed by atoms with Crippen LogP contribution in [0.2, 0.25) is 0 Å². The molecule has 1 N–H and O–H groups in total. The molecule has 0 spiro atoms.